The van der Waals surface area contributed by atoms with Crippen molar-refractivity contribution in [3.63, 3.8) is 0 Å². The summed E-state index contributed by atoms with van der Waals surface area (Å²) in [5.74, 6) is 1.01. The molecule has 0 spiro atoms. The van der Waals surface area contributed by atoms with Gasteiger partial charge in [-0.1, -0.05) is 127 Å². The third-order valence-electron chi connectivity index (χ3n) is 9.02. The van der Waals surface area contributed by atoms with E-state index in [1.165, 1.54) is 0 Å². The Hall–Kier alpha value is -6.59. The van der Waals surface area contributed by atoms with Gasteiger partial charge in [0.2, 0.25) is 0 Å². The Kier molecular flexibility index (Phi) is 6.54. The molecule has 1 N–H and O–H groups in total. The Balaban J connectivity index is 1.37. The topological polar surface area (TPSA) is 63.8 Å². The van der Waals surface area contributed by atoms with Crippen LogP contribution in [-0.4, -0.2) is 24.6 Å². The predicted octanol–water partition coefficient (Wildman–Crippen LogP) is 10.5. The summed E-state index contributed by atoms with van der Waals surface area (Å²) < 4.78 is 2.22. The first-order valence-corrected chi connectivity index (χ1v) is 15.9. The number of pyridine rings is 2. The molecule has 0 radical (unpaired) electrons. The fourth-order valence-electron chi connectivity index (χ4n) is 6.77. The molecule has 0 unspecified atom stereocenters. The standard InChI is InChI=1S/C43H28N4O/c48-39-19-8-14-30-20-21-31-22-23-37(45-41(31)40(30)39)38-27-47(43(46-38)36-18-7-15-32-26-44-25-24-33(32)36)42-34(28-10-3-1-4-11-28)16-9-17-35(42)29-12-5-2-6-13-29/h1-27,48H. The van der Waals surface area contributed by atoms with Crippen LogP contribution in [0.5, 0.6) is 5.75 Å². The average molecular weight is 617 g/mol. The molecule has 0 aliphatic heterocycles. The van der Waals surface area contributed by atoms with E-state index in [1.807, 2.05) is 60.9 Å². The zero-order chi connectivity index (χ0) is 32.0. The molecule has 226 valence electrons. The number of imidazole rings is 1. The van der Waals surface area contributed by atoms with Crippen LogP contribution in [0.4, 0.5) is 0 Å². The van der Waals surface area contributed by atoms with Crippen LogP contribution in [-0.2, 0) is 0 Å². The third-order valence-corrected chi connectivity index (χ3v) is 9.02. The zero-order valence-corrected chi connectivity index (χ0v) is 25.8. The van der Waals surface area contributed by atoms with Crippen molar-refractivity contribution in [2.45, 2.75) is 0 Å². The van der Waals surface area contributed by atoms with Crippen molar-refractivity contribution in [1.82, 2.24) is 19.5 Å². The van der Waals surface area contributed by atoms with Crippen LogP contribution in [0.1, 0.15) is 0 Å². The fraction of sp³-hybridized carbons (Fsp3) is 0. The van der Waals surface area contributed by atoms with Gasteiger partial charge in [0.05, 0.1) is 16.9 Å². The maximum absolute atomic E-state index is 10.9. The number of rotatable bonds is 5. The first kappa shape index (κ1) is 27.7. The van der Waals surface area contributed by atoms with Gasteiger partial charge in [-0.05, 0) is 40.1 Å². The minimum Gasteiger partial charge on any atom is -0.507 e. The molecule has 0 atom stereocenters. The Bertz CT molecular complexity index is 2560. The molecule has 0 amide bonds. The van der Waals surface area contributed by atoms with Crippen LogP contribution in [0.25, 0.3) is 83.2 Å². The first-order chi connectivity index (χ1) is 23.7. The molecule has 9 rings (SSSR count). The Morgan fingerprint density at radius 3 is 1.92 bits per heavy atom. The molecule has 0 saturated heterocycles. The first-order valence-electron chi connectivity index (χ1n) is 15.9. The minimum absolute atomic E-state index is 0.211. The van der Waals surface area contributed by atoms with Gasteiger partial charge in [0.25, 0.3) is 0 Å². The van der Waals surface area contributed by atoms with Crippen molar-refractivity contribution in [2.75, 3.05) is 0 Å². The van der Waals surface area contributed by atoms with E-state index in [9.17, 15) is 5.11 Å². The largest absolute Gasteiger partial charge is 0.507 e. The zero-order valence-electron chi connectivity index (χ0n) is 25.8. The van der Waals surface area contributed by atoms with Gasteiger partial charge < -0.3 is 5.11 Å². The van der Waals surface area contributed by atoms with Crippen molar-refractivity contribution in [3.05, 3.63) is 164 Å². The smallest absolute Gasteiger partial charge is 0.145 e. The van der Waals surface area contributed by atoms with Crippen LogP contribution >= 0.6 is 0 Å². The van der Waals surface area contributed by atoms with E-state index in [0.717, 1.165) is 83.2 Å². The summed E-state index contributed by atoms with van der Waals surface area (Å²) in [6, 6.07) is 49.5. The van der Waals surface area contributed by atoms with Gasteiger partial charge in [0.1, 0.15) is 17.3 Å². The highest BCUT2D eigenvalue weighted by atomic mass is 16.3. The molecular formula is C43H28N4O. The molecule has 3 aromatic heterocycles. The second-order valence-electron chi connectivity index (χ2n) is 11.9. The molecule has 5 nitrogen and oxygen atoms in total. The number of para-hydroxylation sites is 1. The molecule has 5 heteroatoms. The van der Waals surface area contributed by atoms with E-state index < -0.39 is 0 Å². The highest BCUT2D eigenvalue weighted by Crippen LogP contribution is 2.41. The van der Waals surface area contributed by atoms with Gasteiger partial charge in [0, 0.05) is 51.4 Å². The Morgan fingerprint density at radius 1 is 0.500 bits per heavy atom. The molecule has 0 aliphatic carbocycles. The van der Waals surface area contributed by atoms with Crippen LogP contribution < -0.4 is 0 Å². The summed E-state index contributed by atoms with van der Waals surface area (Å²) in [7, 11) is 0. The summed E-state index contributed by atoms with van der Waals surface area (Å²) in [4.78, 5) is 14.9. The number of aromatic nitrogens is 4. The van der Waals surface area contributed by atoms with Gasteiger partial charge >= 0.3 is 0 Å². The van der Waals surface area contributed by atoms with Crippen LogP contribution in [0.3, 0.4) is 0 Å². The molecular weight excluding hydrogens is 589 g/mol. The molecule has 3 heterocycles. The van der Waals surface area contributed by atoms with Gasteiger partial charge in [-0.2, -0.15) is 0 Å². The van der Waals surface area contributed by atoms with Gasteiger partial charge in [-0.15, -0.1) is 0 Å². The van der Waals surface area contributed by atoms with Crippen molar-refractivity contribution in [1.29, 1.82) is 0 Å². The second kappa shape index (κ2) is 11.3. The van der Waals surface area contributed by atoms with E-state index in [0.29, 0.717) is 0 Å². The number of phenols is 1. The number of phenolic OH excluding ortho intramolecular Hbond substituents is 1. The lowest BCUT2D eigenvalue weighted by molar-refractivity contribution is 0.482. The lowest BCUT2D eigenvalue weighted by Crippen LogP contribution is -2.02. The Labute approximate surface area is 277 Å². The summed E-state index contributed by atoms with van der Waals surface area (Å²) in [6.07, 6.45) is 5.82. The Morgan fingerprint density at radius 2 is 1.15 bits per heavy atom. The molecule has 0 saturated carbocycles. The normalized spacial score (nSPS) is 11.4. The van der Waals surface area contributed by atoms with Crippen molar-refractivity contribution in [3.8, 4) is 56.5 Å². The number of benzene rings is 6. The number of hydrogen-bond acceptors (Lipinski definition) is 4. The van der Waals surface area contributed by atoms with Crippen LogP contribution in [0.2, 0.25) is 0 Å². The maximum Gasteiger partial charge on any atom is 0.145 e. The summed E-state index contributed by atoms with van der Waals surface area (Å²) in [6.45, 7) is 0. The lowest BCUT2D eigenvalue weighted by Gasteiger charge is -2.19. The van der Waals surface area contributed by atoms with E-state index in [4.69, 9.17) is 9.97 Å². The van der Waals surface area contributed by atoms with Crippen molar-refractivity contribution < 1.29 is 5.11 Å². The number of fused-ring (bicyclic) bond motifs is 4. The fourth-order valence-corrected chi connectivity index (χ4v) is 6.77. The van der Waals surface area contributed by atoms with Crippen molar-refractivity contribution >= 4 is 32.4 Å². The minimum atomic E-state index is 0.211. The molecule has 0 fully saturated rings. The molecule has 0 aliphatic rings. The molecule has 48 heavy (non-hydrogen) atoms. The highest BCUT2D eigenvalue weighted by molar-refractivity contribution is 6.09. The highest BCUT2D eigenvalue weighted by Gasteiger charge is 2.22. The number of aromatic hydroxyl groups is 1. The van der Waals surface area contributed by atoms with E-state index >= 15 is 0 Å². The number of hydrogen-bond donors (Lipinski definition) is 1. The SMILES string of the molecule is Oc1cccc2ccc3ccc(-c4cn(-c5c(-c6ccccc6)cccc5-c5ccccc5)c(-c5cccc6cnccc56)n4)nc3c12. The van der Waals surface area contributed by atoms with Gasteiger partial charge in [-0.25, -0.2) is 9.97 Å². The van der Waals surface area contributed by atoms with E-state index in [1.54, 1.807) is 6.07 Å². The maximum atomic E-state index is 10.9. The monoisotopic (exact) mass is 616 g/mol. The lowest BCUT2D eigenvalue weighted by atomic mass is 9.95. The van der Waals surface area contributed by atoms with Crippen LogP contribution in [0, 0.1) is 0 Å². The predicted molar refractivity (Wildman–Crippen MR) is 195 cm³/mol. The summed E-state index contributed by atoms with van der Waals surface area (Å²) >= 11 is 0. The molecule has 0 bridgehead atoms. The quantitative estimate of drug-likeness (QED) is 0.195. The van der Waals surface area contributed by atoms with E-state index in [-0.39, 0.29) is 5.75 Å². The average Bonchev–Trinajstić information content (AvgIpc) is 3.60. The van der Waals surface area contributed by atoms with E-state index in [2.05, 4.69) is 107 Å². The molecule has 6 aromatic carbocycles. The van der Waals surface area contributed by atoms with Crippen molar-refractivity contribution in [2.24, 2.45) is 0 Å². The second-order valence-corrected chi connectivity index (χ2v) is 11.9. The summed E-state index contributed by atoms with van der Waals surface area (Å²) in [5, 5.41) is 15.6. The van der Waals surface area contributed by atoms with Gasteiger partial charge in [0.15, 0.2) is 0 Å². The summed E-state index contributed by atoms with van der Waals surface area (Å²) in [5.41, 5.74) is 8.61. The van der Waals surface area contributed by atoms with Gasteiger partial charge in [-0.3, -0.25) is 9.55 Å². The molecule has 9 aromatic rings. The number of nitrogens with zero attached hydrogens (tertiary/aromatic N) is 4. The third kappa shape index (κ3) is 4.60. The van der Waals surface area contributed by atoms with Crippen LogP contribution in [0.15, 0.2) is 164 Å².